The smallest absolute Gasteiger partial charge is 0.163 e. The summed E-state index contributed by atoms with van der Waals surface area (Å²) in [6.07, 6.45) is 2.81. The van der Waals surface area contributed by atoms with E-state index in [0.717, 1.165) is 12.2 Å². The summed E-state index contributed by atoms with van der Waals surface area (Å²) in [6.45, 7) is 0.339. The molecule has 2 aliphatic rings. The van der Waals surface area contributed by atoms with Crippen LogP contribution < -0.4 is 5.73 Å². The van der Waals surface area contributed by atoms with Crippen molar-refractivity contribution in [3.8, 4) is 0 Å². The van der Waals surface area contributed by atoms with Gasteiger partial charge in [0, 0.05) is 11.1 Å². The molecule has 1 nitrogen and oxygen atoms in total. The van der Waals surface area contributed by atoms with E-state index in [1.165, 1.54) is 6.07 Å². The van der Waals surface area contributed by atoms with Gasteiger partial charge in [-0.1, -0.05) is 30.3 Å². The molecule has 0 heterocycles. The second-order valence-electron chi connectivity index (χ2n) is 5.49. The zero-order valence-electron chi connectivity index (χ0n) is 12.3. The standard InChI is InChI=1S/C18H15F4N/c19-14-8-7-13-15(18(14)22)11(6-3-9-23)10-4-1-2-5-12(10)16(20)17(13)21/h1-2,4-5,7-8,13H,3,6,9,23H2. The second-order valence-corrected chi connectivity index (χ2v) is 5.49. The van der Waals surface area contributed by atoms with Gasteiger partial charge in [0.2, 0.25) is 0 Å². The first-order valence-corrected chi connectivity index (χ1v) is 7.38. The second kappa shape index (κ2) is 6.16. The van der Waals surface area contributed by atoms with Gasteiger partial charge in [0.15, 0.2) is 17.5 Å². The average molecular weight is 321 g/mol. The fourth-order valence-corrected chi connectivity index (χ4v) is 3.04. The molecule has 23 heavy (non-hydrogen) atoms. The molecule has 0 fully saturated rings. The van der Waals surface area contributed by atoms with Gasteiger partial charge in [0.1, 0.15) is 5.83 Å². The van der Waals surface area contributed by atoms with Crippen LogP contribution in [-0.4, -0.2) is 6.54 Å². The first-order valence-electron chi connectivity index (χ1n) is 7.38. The van der Waals surface area contributed by atoms with E-state index in [9.17, 15) is 17.6 Å². The minimum atomic E-state index is -1.25. The summed E-state index contributed by atoms with van der Waals surface area (Å²) in [4.78, 5) is 0. The molecule has 2 aliphatic carbocycles. The molecule has 0 bridgehead atoms. The number of fused-ring (bicyclic) bond motifs is 2. The number of nitrogens with two attached hydrogens (primary N) is 1. The van der Waals surface area contributed by atoms with Gasteiger partial charge in [-0.15, -0.1) is 0 Å². The zero-order chi connectivity index (χ0) is 16.6. The number of rotatable bonds is 3. The third-order valence-corrected chi connectivity index (χ3v) is 4.12. The van der Waals surface area contributed by atoms with Crippen molar-refractivity contribution in [3.63, 3.8) is 0 Å². The SMILES string of the molecule is NCCCC1=C2C(F)=C(F)C=CC2C(F)=C(F)c2ccccc21. The first kappa shape index (κ1) is 15.7. The third-order valence-electron chi connectivity index (χ3n) is 4.12. The molecule has 5 heteroatoms. The maximum atomic E-state index is 14.5. The monoisotopic (exact) mass is 321 g/mol. The van der Waals surface area contributed by atoms with Crippen molar-refractivity contribution in [2.24, 2.45) is 11.7 Å². The van der Waals surface area contributed by atoms with Crippen molar-refractivity contribution in [1.29, 1.82) is 0 Å². The molecule has 0 amide bonds. The summed E-state index contributed by atoms with van der Waals surface area (Å²) in [5.41, 5.74) is 6.21. The predicted octanol–water partition coefficient (Wildman–Crippen LogP) is 5.14. The third kappa shape index (κ3) is 2.55. The predicted molar refractivity (Wildman–Crippen MR) is 82.7 cm³/mol. The van der Waals surface area contributed by atoms with Crippen molar-refractivity contribution in [1.82, 2.24) is 0 Å². The molecule has 1 aromatic rings. The van der Waals surface area contributed by atoms with Crippen molar-refractivity contribution in [2.75, 3.05) is 6.54 Å². The van der Waals surface area contributed by atoms with Gasteiger partial charge in [-0.3, -0.25) is 0 Å². The van der Waals surface area contributed by atoms with E-state index in [-0.39, 0.29) is 11.1 Å². The Labute approximate surface area is 131 Å². The Hall–Kier alpha value is -2.14. The van der Waals surface area contributed by atoms with Crippen molar-refractivity contribution < 1.29 is 17.6 Å². The summed E-state index contributed by atoms with van der Waals surface area (Å²) < 4.78 is 57.2. The molecule has 0 radical (unpaired) electrons. The van der Waals surface area contributed by atoms with Crippen LogP contribution in [-0.2, 0) is 0 Å². The van der Waals surface area contributed by atoms with Crippen LogP contribution in [0.1, 0.15) is 24.0 Å². The van der Waals surface area contributed by atoms with Gasteiger partial charge in [-0.25, -0.2) is 17.6 Å². The molecule has 0 aliphatic heterocycles. The molecule has 1 aromatic carbocycles. The van der Waals surface area contributed by atoms with Gasteiger partial charge < -0.3 is 5.73 Å². The van der Waals surface area contributed by atoms with Gasteiger partial charge in [-0.05, 0) is 36.6 Å². The highest BCUT2D eigenvalue weighted by molar-refractivity contribution is 5.85. The van der Waals surface area contributed by atoms with Crippen LogP contribution in [0.25, 0.3) is 11.4 Å². The molecule has 3 rings (SSSR count). The lowest BCUT2D eigenvalue weighted by molar-refractivity contribution is 0.499. The van der Waals surface area contributed by atoms with Crippen LogP contribution in [0.5, 0.6) is 0 Å². The Morgan fingerprint density at radius 1 is 0.957 bits per heavy atom. The topological polar surface area (TPSA) is 26.0 Å². The fraction of sp³-hybridized carbons (Fsp3) is 0.222. The number of halogens is 4. The lowest BCUT2D eigenvalue weighted by Crippen LogP contribution is -2.10. The summed E-state index contributed by atoms with van der Waals surface area (Å²) in [7, 11) is 0. The Morgan fingerprint density at radius 3 is 2.35 bits per heavy atom. The highest BCUT2D eigenvalue weighted by atomic mass is 19.2. The zero-order valence-corrected chi connectivity index (χ0v) is 12.3. The summed E-state index contributed by atoms with van der Waals surface area (Å²) in [6, 6.07) is 6.26. The number of hydrogen-bond donors (Lipinski definition) is 1. The quantitative estimate of drug-likeness (QED) is 0.767. The van der Waals surface area contributed by atoms with E-state index in [1.807, 2.05) is 0 Å². The highest BCUT2D eigenvalue weighted by Crippen LogP contribution is 2.48. The number of hydrogen-bond acceptors (Lipinski definition) is 1. The Bertz CT molecular complexity index is 771. The lowest BCUT2D eigenvalue weighted by atomic mass is 9.85. The molecule has 0 spiro atoms. The Morgan fingerprint density at radius 2 is 1.65 bits per heavy atom. The fourth-order valence-electron chi connectivity index (χ4n) is 3.04. The van der Waals surface area contributed by atoms with Crippen molar-refractivity contribution in [2.45, 2.75) is 12.8 Å². The largest absolute Gasteiger partial charge is 0.330 e. The maximum Gasteiger partial charge on any atom is 0.163 e. The summed E-state index contributed by atoms with van der Waals surface area (Å²) >= 11 is 0. The van der Waals surface area contributed by atoms with Crippen molar-refractivity contribution in [3.05, 3.63) is 70.6 Å². The normalized spacial score (nSPS) is 20.7. The number of allylic oxidation sites excluding steroid dienone is 7. The van der Waals surface area contributed by atoms with Crippen LogP contribution in [0.4, 0.5) is 17.6 Å². The minimum absolute atomic E-state index is 0.0560. The van der Waals surface area contributed by atoms with Crippen molar-refractivity contribution >= 4 is 11.4 Å². The van der Waals surface area contributed by atoms with Crippen LogP contribution in [0.2, 0.25) is 0 Å². The van der Waals surface area contributed by atoms with Crippen LogP contribution in [0, 0.1) is 5.92 Å². The van der Waals surface area contributed by atoms with E-state index in [2.05, 4.69) is 0 Å². The molecule has 2 N–H and O–H groups in total. The van der Waals surface area contributed by atoms with E-state index >= 15 is 0 Å². The lowest BCUT2D eigenvalue weighted by Gasteiger charge is -2.21. The van der Waals surface area contributed by atoms with E-state index in [4.69, 9.17) is 5.73 Å². The molecule has 1 atom stereocenters. The summed E-state index contributed by atoms with van der Waals surface area (Å²) in [5, 5.41) is 0. The highest BCUT2D eigenvalue weighted by Gasteiger charge is 2.35. The maximum absolute atomic E-state index is 14.5. The van der Waals surface area contributed by atoms with Gasteiger partial charge in [0.05, 0.1) is 5.92 Å². The first-order chi connectivity index (χ1) is 11.1. The van der Waals surface area contributed by atoms with Crippen LogP contribution >= 0.6 is 0 Å². The van der Waals surface area contributed by atoms with Crippen LogP contribution in [0.15, 0.2) is 59.5 Å². The van der Waals surface area contributed by atoms with Gasteiger partial charge in [-0.2, -0.15) is 0 Å². The Kier molecular flexibility index (Phi) is 4.22. The van der Waals surface area contributed by atoms with E-state index in [1.54, 1.807) is 18.2 Å². The summed E-state index contributed by atoms with van der Waals surface area (Å²) in [5.74, 6) is -5.60. The molecule has 0 saturated heterocycles. The van der Waals surface area contributed by atoms with Gasteiger partial charge in [0.25, 0.3) is 0 Å². The molecule has 120 valence electrons. The molecule has 0 aromatic heterocycles. The average Bonchev–Trinajstić information content (AvgIpc) is 2.65. The molecule has 0 saturated carbocycles. The molecular formula is C18H15F4N. The molecule has 1 unspecified atom stereocenters. The van der Waals surface area contributed by atoms with Crippen LogP contribution in [0.3, 0.4) is 0 Å². The van der Waals surface area contributed by atoms with Gasteiger partial charge >= 0.3 is 0 Å². The van der Waals surface area contributed by atoms with E-state index < -0.39 is 29.2 Å². The Balaban J connectivity index is 2.33. The number of benzene rings is 1. The minimum Gasteiger partial charge on any atom is -0.330 e. The molecular weight excluding hydrogens is 306 g/mol. The van der Waals surface area contributed by atoms with E-state index in [0.29, 0.717) is 30.5 Å².